The molecule has 2 N–H and O–H groups in total. The Morgan fingerprint density at radius 1 is 1.10 bits per heavy atom. The third kappa shape index (κ3) is 3.02. The van der Waals surface area contributed by atoms with Gasteiger partial charge in [0.1, 0.15) is 18.1 Å². The molecule has 0 amide bonds. The molecule has 1 aromatic heterocycles. The lowest BCUT2D eigenvalue weighted by molar-refractivity contribution is 0.162. The number of furan rings is 1. The Bertz CT molecular complexity index is 766. The maximum absolute atomic E-state index is 6.30. The number of methoxy groups -OCH3 is 1. The van der Waals surface area contributed by atoms with Gasteiger partial charge in [-0.1, -0.05) is 34.1 Å². The van der Waals surface area contributed by atoms with Crippen LogP contribution < -0.4 is 5.73 Å². The van der Waals surface area contributed by atoms with Crippen LogP contribution in [-0.4, -0.2) is 7.11 Å². The maximum Gasteiger partial charge on any atom is 0.129 e. The van der Waals surface area contributed by atoms with Crippen molar-refractivity contribution in [2.24, 2.45) is 5.73 Å². The summed E-state index contributed by atoms with van der Waals surface area (Å²) < 4.78 is 11.8. The van der Waals surface area contributed by atoms with E-state index in [1.165, 1.54) is 5.39 Å². The quantitative estimate of drug-likeness (QED) is 0.762. The van der Waals surface area contributed by atoms with Crippen molar-refractivity contribution < 1.29 is 9.15 Å². The zero-order chi connectivity index (χ0) is 14.8. The molecule has 2 aromatic carbocycles. The normalized spacial score (nSPS) is 12.7. The lowest BCUT2D eigenvalue weighted by Crippen LogP contribution is -2.10. The van der Waals surface area contributed by atoms with E-state index < -0.39 is 0 Å². The van der Waals surface area contributed by atoms with Crippen LogP contribution in [0.4, 0.5) is 0 Å². The Kier molecular flexibility index (Phi) is 4.10. The average molecular weight is 346 g/mol. The van der Waals surface area contributed by atoms with Crippen molar-refractivity contribution in [1.29, 1.82) is 0 Å². The van der Waals surface area contributed by atoms with Gasteiger partial charge in [-0.25, -0.2) is 0 Å². The lowest BCUT2D eigenvalue weighted by Gasteiger charge is -2.10. The molecule has 0 bridgehead atoms. The van der Waals surface area contributed by atoms with Crippen LogP contribution in [0, 0.1) is 0 Å². The highest BCUT2D eigenvalue weighted by Crippen LogP contribution is 2.27. The van der Waals surface area contributed by atoms with Crippen LogP contribution in [0.5, 0.6) is 0 Å². The van der Waals surface area contributed by atoms with Crippen molar-refractivity contribution in [3.63, 3.8) is 0 Å². The summed E-state index contributed by atoms with van der Waals surface area (Å²) in [6, 6.07) is 16.0. The van der Waals surface area contributed by atoms with Crippen LogP contribution in [0.25, 0.3) is 10.8 Å². The molecule has 0 saturated heterocycles. The Labute approximate surface area is 131 Å². The summed E-state index contributed by atoms with van der Waals surface area (Å²) in [5.41, 5.74) is 7.33. The van der Waals surface area contributed by atoms with E-state index >= 15 is 0 Å². The maximum atomic E-state index is 6.30. The highest BCUT2D eigenvalue weighted by Gasteiger charge is 2.14. The van der Waals surface area contributed by atoms with Crippen LogP contribution in [0.2, 0.25) is 0 Å². The SMILES string of the molecule is COCc1ccc(C(N)c2ccc3cc(Br)ccc3c2)o1. The third-order valence-corrected chi connectivity index (χ3v) is 3.95. The summed E-state index contributed by atoms with van der Waals surface area (Å²) in [5.74, 6) is 1.53. The minimum Gasteiger partial charge on any atom is -0.462 e. The van der Waals surface area contributed by atoms with Gasteiger partial charge in [0, 0.05) is 11.6 Å². The molecule has 1 unspecified atom stereocenters. The molecule has 0 fully saturated rings. The first-order valence-electron chi connectivity index (χ1n) is 6.70. The van der Waals surface area contributed by atoms with Gasteiger partial charge in [0.2, 0.25) is 0 Å². The summed E-state index contributed by atoms with van der Waals surface area (Å²) in [7, 11) is 1.64. The molecule has 1 heterocycles. The summed E-state index contributed by atoms with van der Waals surface area (Å²) in [5, 5.41) is 2.34. The zero-order valence-corrected chi connectivity index (χ0v) is 13.3. The molecule has 3 nitrogen and oxygen atoms in total. The molecule has 3 aromatic rings. The number of fused-ring (bicyclic) bond motifs is 1. The number of halogens is 1. The van der Waals surface area contributed by atoms with Gasteiger partial charge >= 0.3 is 0 Å². The van der Waals surface area contributed by atoms with Crippen molar-refractivity contribution in [3.05, 3.63) is 70.1 Å². The first-order valence-corrected chi connectivity index (χ1v) is 7.49. The van der Waals surface area contributed by atoms with Gasteiger partial charge in [-0.3, -0.25) is 0 Å². The molecule has 0 radical (unpaired) electrons. The van der Waals surface area contributed by atoms with E-state index in [1.54, 1.807) is 7.11 Å². The molecule has 4 heteroatoms. The van der Waals surface area contributed by atoms with Crippen LogP contribution >= 0.6 is 15.9 Å². The monoisotopic (exact) mass is 345 g/mol. The van der Waals surface area contributed by atoms with Gasteiger partial charge in [-0.2, -0.15) is 0 Å². The fraction of sp³-hybridized carbons (Fsp3) is 0.176. The van der Waals surface area contributed by atoms with Gasteiger partial charge in [0.15, 0.2) is 0 Å². The van der Waals surface area contributed by atoms with E-state index in [2.05, 4.69) is 40.2 Å². The minimum atomic E-state index is -0.274. The number of ether oxygens (including phenoxy) is 1. The molecular formula is C17H16BrNO2. The highest BCUT2D eigenvalue weighted by molar-refractivity contribution is 9.10. The van der Waals surface area contributed by atoms with Gasteiger partial charge in [-0.05, 0) is 46.7 Å². The predicted octanol–water partition coefficient (Wildman–Crippen LogP) is 4.39. The van der Waals surface area contributed by atoms with Crippen LogP contribution in [0.3, 0.4) is 0 Å². The van der Waals surface area contributed by atoms with E-state index in [0.717, 1.165) is 26.9 Å². The summed E-state index contributed by atoms with van der Waals surface area (Å²) in [6.45, 7) is 0.457. The Balaban J connectivity index is 1.92. The fourth-order valence-electron chi connectivity index (χ4n) is 2.37. The van der Waals surface area contributed by atoms with Crippen molar-refractivity contribution >= 4 is 26.7 Å². The molecule has 0 saturated carbocycles. The predicted molar refractivity (Wildman–Crippen MR) is 87.1 cm³/mol. The molecule has 3 rings (SSSR count). The van der Waals surface area contributed by atoms with Crippen molar-refractivity contribution in [2.75, 3.05) is 7.11 Å². The molecule has 0 spiro atoms. The minimum absolute atomic E-state index is 0.274. The summed E-state index contributed by atoms with van der Waals surface area (Å²) >= 11 is 3.48. The summed E-state index contributed by atoms with van der Waals surface area (Å²) in [4.78, 5) is 0. The number of hydrogen-bond acceptors (Lipinski definition) is 3. The topological polar surface area (TPSA) is 48.4 Å². The summed E-state index contributed by atoms with van der Waals surface area (Å²) in [6.07, 6.45) is 0. The molecule has 108 valence electrons. The molecule has 0 aliphatic carbocycles. The van der Waals surface area contributed by atoms with Gasteiger partial charge < -0.3 is 14.9 Å². The first kappa shape index (κ1) is 14.3. The zero-order valence-electron chi connectivity index (χ0n) is 11.7. The van der Waals surface area contributed by atoms with Crippen molar-refractivity contribution in [1.82, 2.24) is 0 Å². The number of nitrogens with two attached hydrogens (primary N) is 1. The molecule has 1 atom stereocenters. The van der Waals surface area contributed by atoms with Crippen LogP contribution in [0.15, 0.2) is 57.4 Å². The number of benzene rings is 2. The standard InChI is InChI=1S/C17H16BrNO2/c1-20-10-15-6-7-16(21-15)17(19)13-3-2-12-9-14(18)5-4-11(12)8-13/h2-9,17H,10,19H2,1H3. The Morgan fingerprint density at radius 2 is 1.86 bits per heavy atom. The smallest absolute Gasteiger partial charge is 0.129 e. The lowest BCUT2D eigenvalue weighted by atomic mass is 10.0. The van der Waals surface area contributed by atoms with E-state index in [9.17, 15) is 0 Å². The molecular weight excluding hydrogens is 330 g/mol. The second-order valence-electron chi connectivity index (χ2n) is 4.97. The van der Waals surface area contributed by atoms with E-state index in [-0.39, 0.29) is 6.04 Å². The third-order valence-electron chi connectivity index (χ3n) is 3.46. The molecule has 21 heavy (non-hydrogen) atoms. The van der Waals surface area contributed by atoms with Crippen molar-refractivity contribution in [2.45, 2.75) is 12.6 Å². The van der Waals surface area contributed by atoms with Crippen molar-refractivity contribution in [3.8, 4) is 0 Å². The van der Waals surface area contributed by atoms with E-state index in [0.29, 0.717) is 6.61 Å². The molecule has 0 aliphatic heterocycles. The number of hydrogen-bond donors (Lipinski definition) is 1. The van der Waals surface area contributed by atoms with E-state index in [4.69, 9.17) is 14.9 Å². The highest BCUT2D eigenvalue weighted by atomic mass is 79.9. The van der Waals surface area contributed by atoms with Crippen LogP contribution in [0.1, 0.15) is 23.1 Å². The van der Waals surface area contributed by atoms with Gasteiger partial charge in [-0.15, -0.1) is 0 Å². The largest absolute Gasteiger partial charge is 0.462 e. The van der Waals surface area contributed by atoms with Gasteiger partial charge in [0.05, 0.1) is 6.04 Å². The first-order chi connectivity index (χ1) is 10.2. The average Bonchev–Trinajstić information content (AvgIpc) is 2.95. The second kappa shape index (κ2) is 6.02. The van der Waals surface area contributed by atoms with Crippen LogP contribution in [-0.2, 0) is 11.3 Å². The Morgan fingerprint density at radius 3 is 2.67 bits per heavy atom. The van der Waals surface area contributed by atoms with Gasteiger partial charge in [0.25, 0.3) is 0 Å². The molecule has 0 aliphatic rings. The second-order valence-corrected chi connectivity index (χ2v) is 5.88. The fourth-order valence-corrected chi connectivity index (χ4v) is 2.75. The van der Waals surface area contributed by atoms with E-state index in [1.807, 2.05) is 24.3 Å². The number of rotatable bonds is 4. The Hall–Kier alpha value is -1.62.